The topological polar surface area (TPSA) is 97.2 Å². The van der Waals surface area contributed by atoms with Gasteiger partial charge >= 0.3 is 12.0 Å². The number of aromatic nitrogens is 3. The van der Waals surface area contributed by atoms with Crippen LogP contribution in [0.1, 0.15) is 29.2 Å². The number of carboxylic acids is 1. The molecule has 0 fully saturated rings. The van der Waals surface area contributed by atoms with E-state index >= 15 is 0 Å². The smallest absolute Gasteiger partial charge is 0.322 e. The number of carboxylic acid groups (broad SMARTS) is 1. The van der Waals surface area contributed by atoms with Crippen LogP contribution < -0.4 is 10.1 Å². The molecule has 40 heavy (non-hydrogen) atoms. The van der Waals surface area contributed by atoms with Crippen molar-refractivity contribution in [1.82, 2.24) is 15.0 Å². The standard InChI is InChI=1S/C31H24Cl2N4O3/c32-26-13-10-23(17-27(26)33)21-6-8-22(9-7-21)25(18-30(38)39)28-14-16-35-31(37-28)40-24-11-4-20(5-12-24)19-36-29-3-1-2-15-34-29/h1-17,25H,18-19H2,(H,34,36)(H,38,39). The third kappa shape index (κ3) is 6.94. The van der Waals surface area contributed by atoms with Crippen LogP contribution in [0.4, 0.5) is 5.82 Å². The number of nitrogens with zero attached hydrogens (tertiary/aromatic N) is 3. The summed E-state index contributed by atoms with van der Waals surface area (Å²) < 4.78 is 5.90. The third-order valence-corrected chi connectivity index (χ3v) is 6.97. The third-order valence-electron chi connectivity index (χ3n) is 6.23. The molecule has 0 amide bonds. The fourth-order valence-corrected chi connectivity index (χ4v) is 4.49. The summed E-state index contributed by atoms with van der Waals surface area (Å²) in [5.74, 6) is -0.0623. The normalized spacial score (nSPS) is 11.6. The van der Waals surface area contributed by atoms with Crippen molar-refractivity contribution >= 4 is 35.0 Å². The molecule has 0 radical (unpaired) electrons. The summed E-state index contributed by atoms with van der Waals surface area (Å²) in [7, 11) is 0. The van der Waals surface area contributed by atoms with Crippen LogP contribution in [0.2, 0.25) is 10.0 Å². The molecule has 0 aliphatic heterocycles. The number of aliphatic carboxylic acids is 1. The van der Waals surface area contributed by atoms with Crippen LogP contribution in [0.5, 0.6) is 11.8 Å². The molecule has 9 heteroatoms. The summed E-state index contributed by atoms with van der Waals surface area (Å²) >= 11 is 12.2. The minimum atomic E-state index is -0.936. The van der Waals surface area contributed by atoms with Crippen LogP contribution in [0.15, 0.2) is 103 Å². The molecule has 0 spiro atoms. The van der Waals surface area contributed by atoms with E-state index in [2.05, 4.69) is 20.3 Å². The molecule has 2 heterocycles. The van der Waals surface area contributed by atoms with E-state index in [-0.39, 0.29) is 12.4 Å². The second-order valence-corrected chi connectivity index (χ2v) is 9.79. The number of hydrogen-bond acceptors (Lipinski definition) is 6. The van der Waals surface area contributed by atoms with Gasteiger partial charge in [0.1, 0.15) is 11.6 Å². The number of rotatable bonds is 10. The van der Waals surface area contributed by atoms with E-state index in [1.807, 2.05) is 72.8 Å². The van der Waals surface area contributed by atoms with E-state index in [1.54, 1.807) is 30.6 Å². The van der Waals surface area contributed by atoms with Gasteiger partial charge in [-0.2, -0.15) is 4.98 Å². The molecular weight excluding hydrogens is 547 g/mol. The van der Waals surface area contributed by atoms with Crippen molar-refractivity contribution < 1.29 is 14.6 Å². The molecule has 5 aromatic rings. The fraction of sp³-hybridized carbons (Fsp3) is 0.0968. The number of anilines is 1. The molecule has 2 N–H and O–H groups in total. The Labute approximate surface area is 241 Å². The van der Waals surface area contributed by atoms with Crippen LogP contribution in [-0.2, 0) is 11.3 Å². The predicted molar refractivity (Wildman–Crippen MR) is 156 cm³/mol. The van der Waals surface area contributed by atoms with E-state index in [1.165, 1.54) is 0 Å². The van der Waals surface area contributed by atoms with Gasteiger partial charge in [-0.25, -0.2) is 9.97 Å². The van der Waals surface area contributed by atoms with E-state index in [4.69, 9.17) is 27.9 Å². The van der Waals surface area contributed by atoms with Gasteiger partial charge in [0.15, 0.2) is 0 Å². The second kappa shape index (κ2) is 12.6. The summed E-state index contributed by atoms with van der Waals surface area (Å²) in [5, 5.41) is 13.8. The molecule has 0 bridgehead atoms. The number of carbonyl (C=O) groups is 1. The molecule has 7 nitrogen and oxygen atoms in total. The maximum absolute atomic E-state index is 11.8. The molecule has 200 valence electrons. The molecule has 3 aromatic carbocycles. The van der Waals surface area contributed by atoms with Crippen LogP contribution in [-0.4, -0.2) is 26.0 Å². The summed E-state index contributed by atoms with van der Waals surface area (Å²) in [5.41, 5.74) is 4.25. The highest BCUT2D eigenvalue weighted by atomic mass is 35.5. The second-order valence-electron chi connectivity index (χ2n) is 8.98. The first-order chi connectivity index (χ1) is 19.4. The highest BCUT2D eigenvalue weighted by molar-refractivity contribution is 6.42. The molecular formula is C31H24Cl2N4O3. The van der Waals surface area contributed by atoms with E-state index < -0.39 is 11.9 Å². The average Bonchev–Trinajstić information content (AvgIpc) is 2.98. The summed E-state index contributed by atoms with van der Waals surface area (Å²) in [4.78, 5) is 24.8. The maximum atomic E-state index is 11.8. The van der Waals surface area contributed by atoms with Gasteiger partial charge in [0, 0.05) is 24.9 Å². The lowest BCUT2D eigenvalue weighted by molar-refractivity contribution is -0.137. The van der Waals surface area contributed by atoms with Gasteiger partial charge in [-0.3, -0.25) is 4.79 Å². The Morgan fingerprint density at radius 1 is 0.850 bits per heavy atom. The van der Waals surface area contributed by atoms with Crippen LogP contribution in [0, 0.1) is 0 Å². The van der Waals surface area contributed by atoms with Gasteiger partial charge in [0.25, 0.3) is 0 Å². The lowest BCUT2D eigenvalue weighted by Crippen LogP contribution is -2.10. The molecule has 0 aliphatic rings. The number of halogens is 2. The maximum Gasteiger partial charge on any atom is 0.322 e. The van der Waals surface area contributed by atoms with Gasteiger partial charge in [-0.15, -0.1) is 0 Å². The van der Waals surface area contributed by atoms with E-state index in [9.17, 15) is 9.90 Å². The number of hydrogen-bond donors (Lipinski definition) is 2. The summed E-state index contributed by atoms with van der Waals surface area (Å²) in [6, 6.07) is 28.2. The Bertz CT molecular complexity index is 1600. The minimum absolute atomic E-state index is 0.138. The van der Waals surface area contributed by atoms with E-state index in [0.717, 1.165) is 28.1 Å². The fourth-order valence-electron chi connectivity index (χ4n) is 4.19. The van der Waals surface area contributed by atoms with Crippen molar-refractivity contribution in [2.24, 2.45) is 0 Å². The first-order valence-electron chi connectivity index (χ1n) is 12.5. The summed E-state index contributed by atoms with van der Waals surface area (Å²) in [6.45, 7) is 0.615. The van der Waals surface area contributed by atoms with E-state index in [0.29, 0.717) is 28.0 Å². The van der Waals surface area contributed by atoms with Crippen molar-refractivity contribution in [2.75, 3.05) is 5.32 Å². The Morgan fingerprint density at radius 3 is 2.33 bits per heavy atom. The Hall–Kier alpha value is -4.46. The predicted octanol–water partition coefficient (Wildman–Crippen LogP) is 7.86. The van der Waals surface area contributed by atoms with Crippen LogP contribution in [0.3, 0.4) is 0 Å². The minimum Gasteiger partial charge on any atom is -0.481 e. The Kier molecular flexibility index (Phi) is 8.54. The number of ether oxygens (including phenoxy) is 1. The zero-order chi connectivity index (χ0) is 27.9. The number of nitrogens with one attached hydrogen (secondary N) is 1. The van der Waals surface area contributed by atoms with Crippen molar-refractivity contribution in [2.45, 2.75) is 18.9 Å². The highest BCUT2D eigenvalue weighted by Crippen LogP contribution is 2.32. The number of benzene rings is 3. The molecule has 0 saturated carbocycles. The zero-order valence-corrected chi connectivity index (χ0v) is 22.7. The van der Waals surface area contributed by atoms with Crippen molar-refractivity contribution in [3.8, 4) is 22.9 Å². The molecule has 2 aromatic heterocycles. The van der Waals surface area contributed by atoms with Gasteiger partial charge in [-0.05, 0) is 64.7 Å². The van der Waals surface area contributed by atoms with Crippen molar-refractivity contribution in [3.05, 3.63) is 130 Å². The highest BCUT2D eigenvalue weighted by Gasteiger charge is 2.21. The quantitative estimate of drug-likeness (QED) is 0.176. The van der Waals surface area contributed by atoms with Gasteiger partial charge in [0.05, 0.1) is 22.2 Å². The van der Waals surface area contributed by atoms with Crippen LogP contribution >= 0.6 is 23.2 Å². The molecule has 5 rings (SSSR count). The van der Waals surface area contributed by atoms with Gasteiger partial charge in [0.2, 0.25) is 0 Å². The zero-order valence-electron chi connectivity index (χ0n) is 21.2. The molecule has 1 atom stereocenters. The average molecular weight is 571 g/mol. The first kappa shape index (κ1) is 27.1. The van der Waals surface area contributed by atoms with Crippen molar-refractivity contribution in [3.63, 3.8) is 0 Å². The largest absolute Gasteiger partial charge is 0.481 e. The van der Waals surface area contributed by atoms with Crippen LogP contribution in [0.25, 0.3) is 11.1 Å². The molecule has 1 unspecified atom stereocenters. The lowest BCUT2D eigenvalue weighted by atomic mass is 9.91. The Balaban J connectivity index is 1.31. The number of pyridine rings is 1. The van der Waals surface area contributed by atoms with Gasteiger partial charge in [-0.1, -0.05) is 71.7 Å². The molecule has 0 aliphatic carbocycles. The van der Waals surface area contributed by atoms with Crippen molar-refractivity contribution in [1.29, 1.82) is 0 Å². The monoisotopic (exact) mass is 570 g/mol. The first-order valence-corrected chi connectivity index (χ1v) is 13.2. The SMILES string of the molecule is O=C(O)CC(c1ccc(-c2ccc(Cl)c(Cl)c2)cc1)c1ccnc(Oc2ccc(CNc3ccccn3)cc2)n1. The van der Waals surface area contributed by atoms with Gasteiger partial charge < -0.3 is 15.2 Å². The molecule has 0 saturated heterocycles. The lowest BCUT2D eigenvalue weighted by Gasteiger charge is -2.16. The Morgan fingerprint density at radius 2 is 1.62 bits per heavy atom. The summed E-state index contributed by atoms with van der Waals surface area (Å²) in [6.07, 6.45) is 3.17.